The normalized spacial score (nSPS) is 10.2. The molecule has 2 rings (SSSR count). The number of benzene rings is 2. The van der Waals surface area contributed by atoms with Crippen LogP contribution >= 0.6 is 15.9 Å². The van der Waals surface area contributed by atoms with Gasteiger partial charge in [-0.15, -0.1) is 0 Å². The minimum absolute atomic E-state index is 0.159. The smallest absolute Gasteiger partial charge is 0.335 e. The number of carbonyl (C=O) groups is 2. The van der Waals surface area contributed by atoms with Gasteiger partial charge in [0.2, 0.25) is 0 Å². The van der Waals surface area contributed by atoms with Gasteiger partial charge in [0.1, 0.15) is 0 Å². The zero-order valence-corrected chi connectivity index (χ0v) is 13.0. The number of anilines is 1. The van der Waals surface area contributed by atoms with Crippen LogP contribution < -0.4 is 5.32 Å². The molecule has 108 valence electrons. The van der Waals surface area contributed by atoms with Crippen LogP contribution in [-0.4, -0.2) is 17.0 Å². The molecule has 0 unspecified atom stereocenters. The highest BCUT2D eigenvalue weighted by Gasteiger charge is 2.10. The number of hydrogen-bond acceptors (Lipinski definition) is 2. The summed E-state index contributed by atoms with van der Waals surface area (Å²) in [6.07, 6.45) is 0.921. The lowest BCUT2D eigenvalue weighted by Crippen LogP contribution is -2.12. The van der Waals surface area contributed by atoms with Crippen molar-refractivity contribution in [3.05, 3.63) is 63.6 Å². The number of amides is 1. The van der Waals surface area contributed by atoms with Crippen molar-refractivity contribution in [2.75, 3.05) is 5.32 Å². The Kier molecular flexibility index (Phi) is 4.75. The van der Waals surface area contributed by atoms with Gasteiger partial charge in [-0.3, -0.25) is 4.79 Å². The van der Waals surface area contributed by atoms with E-state index >= 15 is 0 Å². The molecule has 0 heterocycles. The van der Waals surface area contributed by atoms with Gasteiger partial charge in [0.15, 0.2) is 0 Å². The Morgan fingerprint density at radius 3 is 2.24 bits per heavy atom. The lowest BCUT2D eigenvalue weighted by Gasteiger charge is -2.08. The molecule has 0 bridgehead atoms. The SMILES string of the molecule is CCc1ccc(C(=O)Nc2ccc(C(=O)O)cc2Br)cc1. The van der Waals surface area contributed by atoms with Gasteiger partial charge in [-0.25, -0.2) is 4.79 Å². The molecule has 0 aliphatic heterocycles. The van der Waals surface area contributed by atoms with E-state index in [0.29, 0.717) is 15.7 Å². The lowest BCUT2D eigenvalue weighted by atomic mass is 10.1. The Labute approximate surface area is 130 Å². The average Bonchev–Trinajstić information content (AvgIpc) is 2.49. The van der Waals surface area contributed by atoms with Crippen molar-refractivity contribution in [1.82, 2.24) is 0 Å². The molecule has 21 heavy (non-hydrogen) atoms. The number of carbonyl (C=O) groups excluding carboxylic acids is 1. The Hall–Kier alpha value is -2.14. The highest BCUT2D eigenvalue weighted by atomic mass is 79.9. The minimum Gasteiger partial charge on any atom is -0.478 e. The number of rotatable bonds is 4. The fourth-order valence-corrected chi connectivity index (χ4v) is 2.31. The Morgan fingerprint density at radius 2 is 1.71 bits per heavy atom. The van der Waals surface area contributed by atoms with E-state index < -0.39 is 5.97 Å². The zero-order valence-electron chi connectivity index (χ0n) is 11.4. The van der Waals surface area contributed by atoms with Gasteiger partial charge < -0.3 is 10.4 Å². The number of hydrogen-bond donors (Lipinski definition) is 2. The second kappa shape index (κ2) is 6.54. The van der Waals surface area contributed by atoms with Crippen molar-refractivity contribution in [2.45, 2.75) is 13.3 Å². The van der Waals surface area contributed by atoms with Gasteiger partial charge in [0.05, 0.1) is 11.3 Å². The van der Waals surface area contributed by atoms with E-state index in [-0.39, 0.29) is 11.5 Å². The average molecular weight is 348 g/mol. The first-order valence-corrected chi connectivity index (χ1v) is 7.23. The molecule has 5 heteroatoms. The highest BCUT2D eigenvalue weighted by Crippen LogP contribution is 2.24. The number of aryl methyl sites for hydroxylation is 1. The van der Waals surface area contributed by atoms with Crippen molar-refractivity contribution in [3.8, 4) is 0 Å². The number of aromatic carboxylic acids is 1. The molecule has 0 aliphatic carbocycles. The lowest BCUT2D eigenvalue weighted by molar-refractivity contribution is 0.0696. The molecule has 2 aromatic rings. The predicted octanol–water partition coefficient (Wildman–Crippen LogP) is 3.96. The highest BCUT2D eigenvalue weighted by molar-refractivity contribution is 9.10. The number of carboxylic acid groups (broad SMARTS) is 1. The van der Waals surface area contributed by atoms with Crippen LogP contribution in [0.15, 0.2) is 46.9 Å². The van der Waals surface area contributed by atoms with Crippen molar-refractivity contribution in [1.29, 1.82) is 0 Å². The maximum absolute atomic E-state index is 12.1. The van der Waals surface area contributed by atoms with E-state index in [0.717, 1.165) is 6.42 Å². The molecule has 0 aliphatic rings. The number of carboxylic acids is 1. The first-order chi connectivity index (χ1) is 10.0. The molecular formula is C16H14BrNO3. The van der Waals surface area contributed by atoms with Gasteiger partial charge in [-0.05, 0) is 58.2 Å². The van der Waals surface area contributed by atoms with Crippen LogP contribution in [0.2, 0.25) is 0 Å². The van der Waals surface area contributed by atoms with Crippen molar-refractivity contribution >= 4 is 33.5 Å². The second-order valence-corrected chi connectivity index (χ2v) is 5.36. The number of halogens is 1. The summed E-state index contributed by atoms with van der Waals surface area (Å²) in [7, 11) is 0. The summed E-state index contributed by atoms with van der Waals surface area (Å²) in [4.78, 5) is 23.0. The van der Waals surface area contributed by atoms with E-state index in [1.54, 1.807) is 18.2 Å². The quantitative estimate of drug-likeness (QED) is 0.879. The molecule has 2 aromatic carbocycles. The summed E-state index contributed by atoms with van der Waals surface area (Å²) in [5.41, 5.74) is 2.41. The van der Waals surface area contributed by atoms with Crippen LogP contribution in [0, 0.1) is 0 Å². The number of nitrogens with one attached hydrogen (secondary N) is 1. The molecule has 2 N–H and O–H groups in total. The summed E-state index contributed by atoms with van der Waals surface area (Å²) in [6, 6.07) is 11.8. The summed E-state index contributed by atoms with van der Waals surface area (Å²) in [6.45, 7) is 2.05. The van der Waals surface area contributed by atoms with Crippen LogP contribution in [0.4, 0.5) is 5.69 Å². The summed E-state index contributed by atoms with van der Waals surface area (Å²) < 4.78 is 0.529. The monoisotopic (exact) mass is 347 g/mol. The maximum atomic E-state index is 12.1. The fraction of sp³-hybridized carbons (Fsp3) is 0.125. The summed E-state index contributed by atoms with van der Waals surface area (Å²) in [5.74, 6) is -1.25. The van der Waals surface area contributed by atoms with Gasteiger partial charge in [-0.1, -0.05) is 19.1 Å². The van der Waals surface area contributed by atoms with E-state index in [1.165, 1.54) is 17.7 Å². The van der Waals surface area contributed by atoms with Crippen molar-refractivity contribution in [3.63, 3.8) is 0 Å². The van der Waals surface area contributed by atoms with Gasteiger partial charge in [-0.2, -0.15) is 0 Å². The third kappa shape index (κ3) is 3.70. The fourth-order valence-electron chi connectivity index (χ4n) is 1.84. The van der Waals surface area contributed by atoms with E-state index in [1.807, 2.05) is 12.1 Å². The molecule has 0 saturated heterocycles. The first kappa shape index (κ1) is 15.3. The minimum atomic E-state index is -1.01. The summed E-state index contributed by atoms with van der Waals surface area (Å²) in [5, 5.41) is 11.7. The molecule has 4 nitrogen and oxygen atoms in total. The van der Waals surface area contributed by atoms with Crippen molar-refractivity contribution < 1.29 is 14.7 Å². The predicted molar refractivity (Wildman–Crippen MR) is 84.9 cm³/mol. The van der Waals surface area contributed by atoms with Crippen LogP contribution in [0.1, 0.15) is 33.2 Å². The van der Waals surface area contributed by atoms with Crippen LogP contribution in [0.3, 0.4) is 0 Å². The largest absolute Gasteiger partial charge is 0.478 e. The molecule has 0 spiro atoms. The van der Waals surface area contributed by atoms with Gasteiger partial charge in [0.25, 0.3) is 5.91 Å². The third-order valence-electron chi connectivity index (χ3n) is 3.09. The van der Waals surface area contributed by atoms with Crippen LogP contribution in [-0.2, 0) is 6.42 Å². The van der Waals surface area contributed by atoms with Gasteiger partial charge in [0, 0.05) is 10.0 Å². The van der Waals surface area contributed by atoms with Crippen LogP contribution in [0.5, 0.6) is 0 Å². The van der Waals surface area contributed by atoms with E-state index in [2.05, 4.69) is 28.2 Å². The third-order valence-corrected chi connectivity index (χ3v) is 3.74. The maximum Gasteiger partial charge on any atom is 0.335 e. The van der Waals surface area contributed by atoms with Crippen molar-refractivity contribution in [2.24, 2.45) is 0 Å². The standard InChI is InChI=1S/C16H14BrNO3/c1-2-10-3-5-11(6-4-10)15(19)18-14-8-7-12(16(20)21)9-13(14)17/h3-9H,2H2,1H3,(H,18,19)(H,20,21). The topological polar surface area (TPSA) is 66.4 Å². The van der Waals surface area contributed by atoms with Crippen LogP contribution in [0.25, 0.3) is 0 Å². The zero-order chi connectivity index (χ0) is 15.4. The first-order valence-electron chi connectivity index (χ1n) is 6.44. The second-order valence-electron chi connectivity index (χ2n) is 4.50. The Balaban J connectivity index is 2.17. The van der Waals surface area contributed by atoms with E-state index in [9.17, 15) is 9.59 Å². The van der Waals surface area contributed by atoms with E-state index in [4.69, 9.17) is 5.11 Å². The Morgan fingerprint density at radius 1 is 1.10 bits per heavy atom. The molecule has 0 aromatic heterocycles. The summed E-state index contributed by atoms with van der Waals surface area (Å²) >= 11 is 3.26. The molecule has 0 radical (unpaired) electrons. The molecular weight excluding hydrogens is 334 g/mol. The molecule has 0 fully saturated rings. The molecule has 0 atom stereocenters. The Bertz CT molecular complexity index is 680. The van der Waals surface area contributed by atoms with Gasteiger partial charge >= 0.3 is 5.97 Å². The molecule has 1 amide bonds. The molecule has 0 saturated carbocycles.